The first-order valence-corrected chi connectivity index (χ1v) is 4.78. The van der Waals surface area contributed by atoms with Crippen molar-refractivity contribution in [3.63, 3.8) is 0 Å². The molecule has 0 aliphatic carbocycles. The fourth-order valence-corrected chi connectivity index (χ4v) is 1.21. The predicted molar refractivity (Wildman–Crippen MR) is 49.7 cm³/mol. The molecular formula is C9H19N2O2+. The molecule has 4 nitrogen and oxygen atoms in total. The number of quaternary nitrogens is 1. The summed E-state index contributed by atoms with van der Waals surface area (Å²) in [5, 5.41) is 2.21. The molecule has 3 amide bonds. The molecule has 76 valence electrons. The average Bonchev–Trinajstić information content (AvgIpc) is 2.04. The van der Waals surface area contributed by atoms with Gasteiger partial charge in [-0.1, -0.05) is 26.7 Å². The van der Waals surface area contributed by atoms with Crippen molar-refractivity contribution in [3.8, 4) is 0 Å². The summed E-state index contributed by atoms with van der Waals surface area (Å²) in [6.45, 7) is 4.03. The van der Waals surface area contributed by atoms with Gasteiger partial charge in [0.15, 0.2) is 0 Å². The summed E-state index contributed by atoms with van der Waals surface area (Å²) in [6, 6.07) is -0.514. The van der Waals surface area contributed by atoms with E-state index in [9.17, 15) is 9.59 Å². The van der Waals surface area contributed by atoms with E-state index in [0.29, 0.717) is 0 Å². The Morgan fingerprint density at radius 2 is 2.00 bits per heavy atom. The molecule has 0 bridgehead atoms. The maximum atomic E-state index is 11.3. The highest BCUT2D eigenvalue weighted by molar-refractivity contribution is 5.91. The van der Waals surface area contributed by atoms with E-state index in [2.05, 4.69) is 18.0 Å². The molecule has 0 aromatic rings. The molecule has 13 heavy (non-hydrogen) atoms. The molecule has 0 fully saturated rings. The third kappa shape index (κ3) is 5.36. The van der Waals surface area contributed by atoms with E-state index in [-0.39, 0.29) is 11.8 Å². The van der Waals surface area contributed by atoms with Crippen LogP contribution in [-0.4, -0.2) is 11.9 Å². The lowest BCUT2D eigenvalue weighted by Crippen LogP contribution is -2.64. The van der Waals surface area contributed by atoms with Crippen molar-refractivity contribution >= 4 is 11.9 Å². The molecule has 0 spiro atoms. The first-order chi connectivity index (χ1) is 6.11. The third-order valence-corrected chi connectivity index (χ3v) is 2.03. The van der Waals surface area contributed by atoms with Gasteiger partial charge < -0.3 is 0 Å². The predicted octanol–water partition coefficient (Wildman–Crippen LogP) is 0.681. The zero-order chi connectivity index (χ0) is 10.3. The van der Waals surface area contributed by atoms with Crippen molar-refractivity contribution in [2.24, 2.45) is 5.92 Å². The van der Waals surface area contributed by atoms with E-state index < -0.39 is 6.03 Å². The highest BCUT2D eigenvalue weighted by atomic mass is 16.2. The summed E-state index contributed by atoms with van der Waals surface area (Å²) in [7, 11) is 0. The Bertz CT molecular complexity index is 180. The van der Waals surface area contributed by atoms with Crippen LogP contribution >= 0.6 is 0 Å². The van der Waals surface area contributed by atoms with Gasteiger partial charge in [-0.15, -0.1) is 0 Å². The van der Waals surface area contributed by atoms with Gasteiger partial charge in [-0.05, 0) is 12.8 Å². The zero-order valence-corrected chi connectivity index (χ0v) is 8.43. The van der Waals surface area contributed by atoms with Crippen LogP contribution in [0.25, 0.3) is 0 Å². The Balaban J connectivity index is 3.91. The molecule has 0 saturated heterocycles. The van der Waals surface area contributed by atoms with Crippen molar-refractivity contribution in [2.45, 2.75) is 39.5 Å². The summed E-state index contributed by atoms with van der Waals surface area (Å²) in [4.78, 5) is 21.8. The number of unbranched alkanes of at least 4 members (excludes halogenated alkanes) is 1. The fourth-order valence-electron chi connectivity index (χ4n) is 1.21. The van der Waals surface area contributed by atoms with E-state index in [1.165, 1.54) is 0 Å². The second kappa shape index (κ2) is 6.60. The van der Waals surface area contributed by atoms with Gasteiger partial charge in [-0.25, -0.2) is 10.1 Å². The second-order valence-corrected chi connectivity index (χ2v) is 3.16. The number of hydrogen-bond donors (Lipinski definition) is 2. The molecule has 0 aliphatic rings. The molecule has 4 N–H and O–H groups in total. The van der Waals surface area contributed by atoms with Crippen molar-refractivity contribution in [2.75, 3.05) is 0 Å². The molecule has 0 rings (SSSR count). The average molecular weight is 187 g/mol. The normalized spacial score (nSPS) is 12.2. The lowest BCUT2D eigenvalue weighted by Gasteiger charge is -2.11. The van der Waals surface area contributed by atoms with Gasteiger partial charge in [0.05, 0.1) is 0 Å². The number of amides is 3. The molecule has 1 unspecified atom stereocenters. The molecule has 0 aliphatic heterocycles. The van der Waals surface area contributed by atoms with Crippen molar-refractivity contribution in [1.29, 1.82) is 0 Å². The number of imide groups is 1. The first-order valence-electron chi connectivity index (χ1n) is 4.78. The summed E-state index contributed by atoms with van der Waals surface area (Å²) >= 11 is 0. The van der Waals surface area contributed by atoms with Crippen LogP contribution in [0.4, 0.5) is 4.79 Å². The maximum Gasteiger partial charge on any atom is 0.418 e. The Labute approximate surface area is 78.9 Å². The number of hydrogen-bond acceptors (Lipinski definition) is 2. The number of carbonyl (C=O) groups excluding carboxylic acids is 2. The van der Waals surface area contributed by atoms with E-state index in [4.69, 9.17) is 0 Å². The van der Waals surface area contributed by atoms with Crippen LogP contribution in [0.2, 0.25) is 0 Å². The van der Waals surface area contributed by atoms with Gasteiger partial charge >= 0.3 is 6.03 Å². The minimum Gasteiger partial charge on any atom is -0.274 e. The van der Waals surface area contributed by atoms with Crippen LogP contribution in [0.15, 0.2) is 0 Å². The van der Waals surface area contributed by atoms with Gasteiger partial charge in [0.2, 0.25) is 5.91 Å². The summed E-state index contributed by atoms with van der Waals surface area (Å²) in [5.74, 6) is -0.221. The van der Waals surface area contributed by atoms with Gasteiger partial charge in [0.1, 0.15) is 0 Å². The number of nitrogens with one attached hydrogen (secondary N) is 1. The molecular weight excluding hydrogens is 168 g/mol. The Morgan fingerprint density at radius 1 is 1.38 bits per heavy atom. The lowest BCUT2D eigenvalue weighted by molar-refractivity contribution is -0.250. The van der Waals surface area contributed by atoms with Crippen LogP contribution < -0.4 is 11.1 Å². The molecule has 0 aromatic carbocycles. The van der Waals surface area contributed by atoms with Crippen LogP contribution in [0.5, 0.6) is 0 Å². The van der Waals surface area contributed by atoms with Crippen LogP contribution in [0.1, 0.15) is 39.5 Å². The number of urea groups is 1. The van der Waals surface area contributed by atoms with E-state index in [0.717, 1.165) is 25.7 Å². The van der Waals surface area contributed by atoms with Crippen LogP contribution in [-0.2, 0) is 4.79 Å². The molecule has 0 heterocycles. The monoisotopic (exact) mass is 187 g/mol. The quantitative estimate of drug-likeness (QED) is 0.664. The molecule has 1 atom stereocenters. The van der Waals surface area contributed by atoms with Crippen molar-refractivity contribution < 1.29 is 15.3 Å². The summed E-state index contributed by atoms with van der Waals surface area (Å²) < 4.78 is 0. The van der Waals surface area contributed by atoms with Crippen molar-refractivity contribution in [3.05, 3.63) is 0 Å². The Hall–Kier alpha value is -0.900. The third-order valence-electron chi connectivity index (χ3n) is 2.03. The van der Waals surface area contributed by atoms with Gasteiger partial charge in [0, 0.05) is 5.92 Å². The van der Waals surface area contributed by atoms with Gasteiger partial charge in [0.25, 0.3) is 0 Å². The van der Waals surface area contributed by atoms with Gasteiger partial charge in [-0.2, -0.15) is 0 Å². The molecule has 0 aromatic heterocycles. The number of rotatable bonds is 5. The smallest absolute Gasteiger partial charge is 0.274 e. The molecule has 0 saturated carbocycles. The highest BCUT2D eigenvalue weighted by Gasteiger charge is 2.17. The van der Waals surface area contributed by atoms with E-state index in [1.54, 1.807) is 0 Å². The van der Waals surface area contributed by atoms with Crippen LogP contribution in [0, 0.1) is 5.92 Å². The van der Waals surface area contributed by atoms with E-state index >= 15 is 0 Å². The minimum absolute atomic E-state index is 0.0364. The topological polar surface area (TPSA) is 73.8 Å². The van der Waals surface area contributed by atoms with E-state index in [1.807, 2.05) is 6.92 Å². The molecule has 4 heteroatoms. The molecule has 0 radical (unpaired) electrons. The minimum atomic E-state index is -0.514. The number of carbonyl (C=O) groups is 2. The maximum absolute atomic E-state index is 11.3. The fraction of sp³-hybridized carbons (Fsp3) is 0.778. The Morgan fingerprint density at radius 3 is 2.38 bits per heavy atom. The first kappa shape index (κ1) is 12.1. The second-order valence-electron chi connectivity index (χ2n) is 3.16. The summed E-state index contributed by atoms with van der Waals surface area (Å²) in [6.07, 6.45) is 3.73. The Kier molecular flexibility index (Phi) is 6.14. The highest BCUT2D eigenvalue weighted by Crippen LogP contribution is 2.12. The largest absolute Gasteiger partial charge is 0.418 e. The SMILES string of the molecule is CCCCC(CC)C(=O)NC([NH3+])=O. The van der Waals surface area contributed by atoms with Crippen LogP contribution in [0.3, 0.4) is 0 Å². The van der Waals surface area contributed by atoms with Crippen molar-refractivity contribution in [1.82, 2.24) is 5.32 Å². The summed E-state index contributed by atoms with van der Waals surface area (Å²) in [5.41, 5.74) is 3.10. The standard InChI is InChI=1S/C9H18N2O2/c1-3-5-6-7(4-2)8(12)11-9(10)13/h7H,3-6H2,1-2H3,(H3,10,11,12,13)/p+1. The lowest BCUT2D eigenvalue weighted by atomic mass is 9.99. The van der Waals surface area contributed by atoms with Gasteiger partial charge in [-0.3, -0.25) is 10.5 Å². The zero-order valence-electron chi connectivity index (χ0n) is 8.43.